The van der Waals surface area contributed by atoms with Gasteiger partial charge in [0.25, 0.3) is 0 Å². The number of nitrogens with zero attached hydrogens (tertiary/aromatic N) is 3. The van der Waals surface area contributed by atoms with Crippen LogP contribution in [0.2, 0.25) is 5.02 Å². The van der Waals surface area contributed by atoms with Gasteiger partial charge in [0.1, 0.15) is 0 Å². The van der Waals surface area contributed by atoms with Crippen LogP contribution in [-0.4, -0.2) is 15.1 Å². The quantitative estimate of drug-likeness (QED) is 0.680. The predicted octanol–water partition coefficient (Wildman–Crippen LogP) is 4.08. The molecule has 2 heterocycles. The monoisotopic (exact) mass is 303 g/mol. The van der Waals surface area contributed by atoms with Crippen LogP contribution in [0.4, 0.5) is 0 Å². The Balaban J connectivity index is 1.73. The van der Waals surface area contributed by atoms with Gasteiger partial charge < -0.3 is 4.52 Å². The van der Waals surface area contributed by atoms with Crippen molar-refractivity contribution in [3.05, 3.63) is 59.6 Å². The summed E-state index contributed by atoms with van der Waals surface area (Å²) in [6, 6.07) is 13.2. The molecule has 0 amide bonds. The Kier molecular flexibility index (Phi) is 3.99. The van der Waals surface area contributed by atoms with Crippen LogP contribution in [-0.2, 0) is 5.75 Å². The average Bonchev–Trinajstić information content (AvgIpc) is 2.95. The molecule has 0 unspecified atom stereocenters. The van der Waals surface area contributed by atoms with Gasteiger partial charge >= 0.3 is 0 Å². The largest absolute Gasteiger partial charge is 0.338 e. The highest BCUT2D eigenvalue weighted by atomic mass is 35.5. The lowest BCUT2D eigenvalue weighted by Gasteiger charge is -1.96. The lowest BCUT2D eigenvalue weighted by molar-refractivity contribution is 0.391. The van der Waals surface area contributed by atoms with E-state index in [4.69, 9.17) is 16.1 Å². The Morgan fingerprint density at radius 1 is 1.10 bits per heavy atom. The minimum absolute atomic E-state index is 0.507. The van der Waals surface area contributed by atoms with E-state index in [1.54, 1.807) is 24.0 Å². The number of pyridine rings is 1. The zero-order valence-electron chi connectivity index (χ0n) is 10.4. The van der Waals surface area contributed by atoms with Crippen LogP contribution >= 0.6 is 23.4 Å². The van der Waals surface area contributed by atoms with E-state index < -0.39 is 0 Å². The molecular weight excluding hydrogens is 294 g/mol. The Morgan fingerprint density at radius 3 is 2.75 bits per heavy atom. The van der Waals surface area contributed by atoms with Gasteiger partial charge in [-0.1, -0.05) is 46.7 Å². The van der Waals surface area contributed by atoms with Crippen molar-refractivity contribution in [2.75, 3.05) is 0 Å². The number of aromatic nitrogens is 3. The number of hydrogen-bond acceptors (Lipinski definition) is 5. The molecule has 0 saturated carbocycles. The van der Waals surface area contributed by atoms with E-state index in [9.17, 15) is 0 Å². The van der Waals surface area contributed by atoms with Gasteiger partial charge in [0, 0.05) is 11.8 Å². The van der Waals surface area contributed by atoms with Crippen LogP contribution in [0, 0.1) is 0 Å². The second-order valence-corrected chi connectivity index (χ2v) is 5.35. The smallest absolute Gasteiger partial charge is 0.237 e. The molecule has 0 aliphatic heterocycles. The maximum Gasteiger partial charge on any atom is 0.237 e. The van der Waals surface area contributed by atoms with Crippen molar-refractivity contribution in [2.24, 2.45) is 0 Å². The minimum Gasteiger partial charge on any atom is -0.338 e. The molecule has 0 saturated heterocycles. The molecule has 1 aromatic carbocycles. The lowest BCUT2D eigenvalue weighted by Crippen LogP contribution is -1.84. The summed E-state index contributed by atoms with van der Waals surface area (Å²) in [5.74, 6) is 1.64. The zero-order valence-corrected chi connectivity index (χ0v) is 11.9. The molecule has 3 rings (SSSR count). The average molecular weight is 304 g/mol. The molecule has 4 nitrogen and oxygen atoms in total. The Labute approximate surface area is 125 Å². The topological polar surface area (TPSA) is 51.8 Å². The van der Waals surface area contributed by atoms with Gasteiger partial charge in [-0.2, -0.15) is 4.98 Å². The maximum atomic E-state index is 6.10. The molecule has 0 N–H and O–H groups in total. The SMILES string of the molecule is Clc1ccccc1-c1noc(CSc2ccccn2)n1. The molecule has 0 spiro atoms. The van der Waals surface area contributed by atoms with Crippen LogP contribution in [0.5, 0.6) is 0 Å². The van der Waals surface area contributed by atoms with Crippen LogP contribution in [0.3, 0.4) is 0 Å². The highest BCUT2D eigenvalue weighted by molar-refractivity contribution is 7.98. The van der Waals surface area contributed by atoms with Gasteiger partial charge in [0.2, 0.25) is 11.7 Å². The van der Waals surface area contributed by atoms with Crippen LogP contribution in [0.15, 0.2) is 58.2 Å². The summed E-state index contributed by atoms with van der Waals surface area (Å²) in [5.41, 5.74) is 0.770. The number of benzene rings is 1. The van der Waals surface area contributed by atoms with E-state index >= 15 is 0 Å². The third-order valence-corrected chi connectivity index (χ3v) is 3.82. The first-order chi connectivity index (χ1) is 9.83. The maximum absolute atomic E-state index is 6.10. The normalized spacial score (nSPS) is 10.7. The number of halogens is 1. The first-order valence-corrected chi connectivity index (χ1v) is 7.30. The molecular formula is C14H10ClN3OS. The summed E-state index contributed by atoms with van der Waals surface area (Å²) in [6.07, 6.45) is 1.76. The Bertz CT molecular complexity index is 702. The molecule has 0 aliphatic carbocycles. The van der Waals surface area contributed by atoms with Gasteiger partial charge in [-0.15, -0.1) is 0 Å². The number of hydrogen-bond donors (Lipinski definition) is 0. The van der Waals surface area contributed by atoms with Crippen LogP contribution in [0.25, 0.3) is 11.4 Å². The standard InChI is InChI=1S/C14H10ClN3OS/c15-11-6-2-1-5-10(11)14-17-12(19-18-14)9-20-13-7-3-4-8-16-13/h1-8H,9H2. The molecule has 3 aromatic rings. The fourth-order valence-corrected chi connectivity index (χ4v) is 2.55. The van der Waals surface area contributed by atoms with Crippen molar-refractivity contribution in [1.29, 1.82) is 0 Å². The highest BCUT2D eigenvalue weighted by Crippen LogP contribution is 2.26. The molecule has 0 atom stereocenters. The first kappa shape index (κ1) is 13.1. The van der Waals surface area contributed by atoms with E-state index in [1.807, 2.05) is 36.4 Å². The Hall–Kier alpha value is -1.85. The summed E-state index contributed by atoms with van der Waals surface area (Å²) in [5, 5.41) is 5.49. The highest BCUT2D eigenvalue weighted by Gasteiger charge is 2.11. The number of rotatable bonds is 4. The second-order valence-electron chi connectivity index (χ2n) is 3.95. The zero-order chi connectivity index (χ0) is 13.8. The van der Waals surface area contributed by atoms with E-state index in [0.717, 1.165) is 10.6 Å². The summed E-state index contributed by atoms with van der Waals surface area (Å²) in [6.45, 7) is 0. The minimum atomic E-state index is 0.507. The third kappa shape index (κ3) is 3.00. The van der Waals surface area contributed by atoms with Crippen molar-refractivity contribution in [3.8, 4) is 11.4 Å². The summed E-state index contributed by atoms with van der Waals surface area (Å²) < 4.78 is 5.23. The molecule has 0 fully saturated rings. The van der Waals surface area contributed by atoms with Gasteiger partial charge in [0.05, 0.1) is 15.8 Å². The molecule has 0 radical (unpaired) electrons. The van der Waals surface area contributed by atoms with E-state index in [2.05, 4.69) is 15.1 Å². The summed E-state index contributed by atoms with van der Waals surface area (Å²) in [7, 11) is 0. The molecule has 0 aliphatic rings. The van der Waals surface area contributed by atoms with Crippen LogP contribution in [0.1, 0.15) is 5.89 Å². The van der Waals surface area contributed by atoms with Crippen molar-refractivity contribution in [1.82, 2.24) is 15.1 Å². The van der Waals surface area contributed by atoms with E-state index in [0.29, 0.717) is 22.5 Å². The summed E-state index contributed by atoms with van der Waals surface area (Å²) in [4.78, 5) is 8.57. The fraction of sp³-hybridized carbons (Fsp3) is 0.0714. The van der Waals surface area contributed by atoms with Crippen molar-refractivity contribution in [3.63, 3.8) is 0 Å². The van der Waals surface area contributed by atoms with Gasteiger partial charge in [-0.3, -0.25) is 0 Å². The van der Waals surface area contributed by atoms with Gasteiger partial charge in [-0.05, 0) is 24.3 Å². The third-order valence-electron chi connectivity index (χ3n) is 2.56. The molecule has 6 heteroatoms. The molecule has 20 heavy (non-hydrogen) atoms. The Morgan fingerprint density at radius 2 is 1.95 bits per heavy atom. The van der Waals surface area contributed by atoms with E-state index in [1.165, 1.54) is 0 Å². The predicted molar refractivity (Wildman–Crippen MR) is 78.5 cm³/mol. The van der Waals surface area contributed by atoms with Crippen LogP contribution < -0.4 is 0 Å². The molecule has 0 bridgehead atoms. The lowest BCUT2D eigenvalue weighted by atomic mass is 10.2. The van der Waals surface area contributed by atoms with Gasteiger partial charge in [0.15, 0.2) is 0 Å². The second kappa shape index (κ2) is 6.07. The fourth-order valence-electron chi connectivity index (χ4n) is 1.63. The van der Waals surface area contributed by atoms with E-state index in [-0.39, 0.29) is 0 Å². The molecule has 2 aromatic heterocycles. The molecule has 100 valence electrons. The van der Waals surface area contributed by atoms with Gasteiger partial charge in [-0.25, -0.2) is 4.98 Å². The van der Waals surface area contributed by atoms with Crippen molar-refractivity contribution in [2.45, 2.75) is 10.8 Å². The van der Waals surface area contributed by atoms with Crippen molar-refractivity contribution < 1.29 is 4.52 Å². The number of thioether (sulfide) groups is 1. The summed E-state index contributed by atoms with van der Waals surface area (Å²) >= 11 is 7.65. The first-order valence-electron chi connectivity index (χ1n) is 5.94. The van der Waals surface area contributed by atoms with Crippen molar-refractivity contribution >= 4 is 23.4 Å².